The number of carbonyl (C=O) groups excluding carboxylic acids is 1. The van der Waals surface area contributed by atoms with E-state index in [1.165, 1.54) is 26.0 Å². The molecule has 0 fully saturated rings. The van der Waals surface area contributed by atoms with Gasteiger partial charge in [0.25, 0.3) is 5.91 Å². The Hall–Kier alpha value is -2.16. The molecule has 1 aromatic carbocycles. The van der Waals surface area contributed by atoms with Gasteiger partial charge < -0.3 is 10.4 Å². The molecule has 0 spiro atoms. The number of nitro groups is 1. The highest BCUT2D eigenvalue weighted by Gasteiger charge is 2.31. The number of benzene rings is 1. The predicted octanol–water partition coefficient (Wildman–Crippen LogP) is 0.853. The van der Waals surface area contributed by atoms with Gasteiger partial charge in [-0.2, -0.15) is 0 Å². The number of para-hydroxylation sites is 1. The molecule has 2 N–H and O–H groups in total. The van der Waals surface area contributed by atoms with Gasteiger partial charge in [-0.1, -0.05) is 6.07 Å². The highest BCUT2D eigenvalue weighted by Crippen LogP contribution is 2.29. The number of carbonyl (C=O) groups is 1. The Labute approximate surface area is 121 Å². The number of nitrogens with zero attached hydrogens (tertiary/aromatic N) is 1. The van der Waals surface area contributed by atoms with Gasteiger partial charge in [-0.3, -0.25) is 14.9 Å². The lowest BCUT2D eigenvalue weighted by Gasteiger charge is -2.22. The third kappa shape index (κ3) is 3.69. The summed E-state index contributed by atoms with van der Waals surface area (Å²) < 4.78 is 21.8. The molecule has 1 rings (SSSR count). The third-order valence-electron chi connectivity index (χ3n) is 3.13. The van der Waals surface area contributed by atoms with Crippen molar-refractivity contribution in [2.24, 2.45) is 0 Å². The Morgan fingerprint density at radius 2 is 2.00 bits per heavy atom. The zero-order valence-electron chi connectivity index (χ0n) is 11.8. The van der Waals surface area contributed by atoms with Crippen molar-refractivity contribution in [2.75, 3.05) is 12.8 Å². The first kappa shape index (κ1) is 16.9. The van der Waals surface area contributed by atoms with Gasteiger partial charge in [-0.25, -0.2) is 8.42 Å². The number of phenols is 1. The number of hydrogen-bond donors (Lipinski definition) is 2. The summed E-state index contributed by atoms with van der Waals surface area (Å²) in [6.45, 7) is 2.69. The SMILES string of the molecule is CC(C)(CNC(=O)c1cccc([N+](=O)[O-])c1O)S(C)(=O)=O. The molecule has 0 aliphatic rings. The van der Waals surface area contributed by atoms with E-state index in [9.17, 15) is 28.4 Å². The van der Waals surface area contributed by atoms with Crippen molar-refractivity contribution in [1.82, 2.24) is 5.32 Å². The van der Waals surface area contributed by atoms with E-state index in [1.54, 1.807) is 0 Å². The highest BCUT2D eigenvalue weighted by molar-refractivity contribution is 7.92. The number of amides is 1. The Kier molecular flexibility index (Phi) is 4.57. The fourth-order valence-corrected chi connectivity index (χ4v) is 1.72. The van der Waals surface area contributed by atoms with Crippen molar-refractivity contribution in [3.63, 3.8) is 0 Å². The molecule has 21 heavy (non-hydrogen) atoms. The van der Waals surface area contributed by atoms with Crippen LogP contribution in [0.1, 0.15) is 24.2 Å². The van der Waals surface area contributed by atoms with Gasteiger partial charge in [-0.15, -0.1) is 0 Å². The molecule has 0 aliphatic carbocycles. The molecule has 1 amide bonds. The van der Waals surface area contributed by atoms with Crippen LogP contribution in [0.25, 0.3) is 0 Å². The molecule has 9 heteroatoms. The number of nitrogens with one attached hydrogen (secondary N) is 1. The van der Waals surface area contributed by atoms with Crippen molar-refractivity contribution in [2.45, 2.75) is 18.6 Å². The third-order valence-corrected chi connectivity index (χ3v) is 5.29. The average Bonchev–Trinajstić information content (AvgIpc) is 2.34. The molecule has 0 atom stereocenters. The lowest BCUT2D eigenvalue weighted by molar-refractivity contribution is -0.385. The minimum absolute atomic E-state index is 0.188. The van der Waals surface area contributed by atoms with Gasteiger partial charge in [0.2, 0.25) is 5.75 Å². The molecule has 0 saturated carbocycles. The van der Waals surface area contributed by atoms with Crippen LogP contribution in [0.3, 0.4) is 0 Å². The zero-order chi connectivity index (χ0) is 16.4. The number of phenolic OH excluding ortho intramolecular Hbond substituents is 1. The van der Waals surface area contributed by atoms with Crippen LogP contribution in [0.2, 0.25) is 0 Å². The summed E-state index contributed by atoms with van der Waals surface area (Å²) in [6, 6.07) is 3.53. The van der Waals surface area contributed by atoms with E-state index < -0.39 is 36.9 Å². The molecule has 116 valence electrons. The highest BCUT2D eigenvalue weighted by atomic mass is 32.2. The number of sulfone groups is 1. The van der Waals surface area contributed by atoms with Crippen LogP contribution in [0.15, 0.2) is 18.2 Å². The standard InChI is InChI=1S/C12H16N2O6S/c1-12(2,21(3,19)20)7-13-11(16)8-5-4-6-9(10(8)15)14(17)18/h4-6,15H,7H2,1-3H3,(H,13,16). The van der Waals surface area contributed by atoms with E-state index in [4.69, 9.17) is 0 Å². The fourth-order valence-electron chi connectivity index (χ4n) is 1.38. The molecular formula is C12H16N2O6S. The Balaban J connectivity index is 2.97. The maximum Gasteiger partial charge on any atom is 0.311 e. The van der Waals surface area contributed by atoms with E-state index in [-0.39, 0.29) is 12.1 Å². The first-order valence-corrected chi connectivity index (χ1v) is 7.80. The number of aromatic hydroxyl groups is 1. The fraction of sp³-hybridized carbons (Fsp3) is 0.417. The largest absolute Gasteiger partial charge is 0.502 e. The van der Waals surface area contributed by atoms with E-state index in [0.717, 1.165) is 12.3 Å². The van der Waals surface area contributed by atoms with E-state index in [2.05, 4.69) is 5.32 Å². The maximum atomic E-state index is 11.9. The summed E-state index contributed by atoms with van der Waals surface area (Å²) in [5, 5.41) is 22.7. The number of hydrogen-bond acceptors (Lipinski definition) is 6. The minimum atomic E-state index is -3.40. The Bertz CT molecular complexity index is 681. The normalized spacial score (nSPS) is 12.0. The molecular weight excluding hydrogens is 300 g/mol. The van der Waals surface area contributed by atoms with E-state index in [0.29, 0.717) is 0 Å². The first-order valence-electron chi connectivity index (χ1n) is 5.91. The van der Waals surface area contributed by atoms with Crippen LogP contribution < -0.4 is 5.32 Å². The van der Waals surface area contributed by atoms with Gasteiger partial charge in [0.05, 0.1) is 15.2 Å². The van der Waals surface area contributed by atoms with Crippen molar-refractivity contribution in [3.05, 3.63) is 33.9 Å². The van der Waals surface area contributed by atoms with E-state index in [1.807, 2.05) is 0 Å². The molecule has 0 heterocycles. The van der Waals surface area contributed by atoms with E-state index >= 15 is 0 Å². The molecule has 0 aromatic heterocycles. The topological polar surface area (TPSA) is 127 Å². The van der Waals surface area contributed by atoms with Crippen LogP contribution in [0.5, 0.6) is 5.75 Å². The smallest absolute Gasteiger partial charge is 0.311 e. The summed E-state index contributed by atoms with van der Waals surface area (Å²) in [6.07, 6.45) is 1.05. The second-order valence-corrected chi connectivity index (χ2v) is 7.79. The average molecular weight is 316 g/mol. The predicted molar refractivity (Wildman–Crippen MR) is 76.0 cm³/mol. The second kappa shape index (κ2) is 5.68. The molecule has 0 saturated heterocycles. The number of rotatable bonds is 5. The molecule has 1 aromatic rings. The molecule has 0 bridgehead atoms. The van der Waals surface area contributed by atoms with Crippen LogP contribution in [-0.4, -0.2) is 41.9 Å². The summed E-state index contributed by atoms with van der Waals surface area (Å²) in [5.41, 5.74) is -0.876. The monoisotopic (exact) mass is 316 g/mol. The van der Waals surface area contributed by atoms with Crippen LogP contribution in [-0.2, 0) is 9.84 Å². The molecule has 0 aliphatic heterocycles. The lowest BCUT2D eigenvalue weighted by atomic mass is 10.1. The Morgan fingerprint density at radius 3 is 2.48 bits per heavy atom. The summed E-state index contributed by atoms with van der Waals surface area (Å²) >= 11 is 0. The quantitative estimate of drug-likeness (QED) is 0.612. The minimum Gasteiger partial charge on any atom is -0.502 e. The van der Waals surface area contributed by atoms with Gasteiger partial charge >= 0.3 is 5.69 Å². The van der Waals surface area contributed by atoms with Crippen molar-refractivity contribution in [3.8, 4) is 5.75 Å². The first-order chi connectivity index (χ1) is 9.47. The van der Waals surface area contributed by atoms with Crippen molar-refractivity contribution >= 4 is 21.4 Å². The van der Waals surface area contributed by atoms with Crippen LogP contribution in [0, 0.1) is 10.1 Å². The van der Waals surface area contributed by atoms with Crippen LogP contribution >= 0.6 is 0 Å². The molecule has 0 radical (unpaired) electrons. The van der Waals surface area contributed by atoms with Crippen LogP contribution in [0.4, 0.5) is 5.69 Å². The maximum absolute atomic E-state index is 11.9. The summed E-state index contributed by atoms with van der Waals surface area (Å²) in [4.78, 5) is 21.8. The molecule has 8 nitrogen and oxygen atoms in total. The second-order valence-electron chi connectivity index (χ2n) is 5.14. The van der Waals surface area contributed by atoms with Crippen molar-refractivity contribution < 1.29 is 23.2 Å². The van der Waals surface area contributed by atoms with Crippen molar-refractivity contribution in [1.29, 1.82) is 0 Å². The van der Waals surface area contributed by atoms with Gasteiger partial charge in [0.1, 0.15) is 0 Å². The molecule has 0 unspecified atom stereocenters. The van der Waals surface area contributed by atoms with Gasteiger partial charge in [0.15, 0.2) is 9.84 Å². The Morgan fingerprint density at radius 1 is 1.43 bits per heavy atom. The summed E-state index contributed by atoms with van der Waals surface area (Å²) in [7, 11) is -3.40. The number of nitro benzene ring substituents is 1. The van der Waals surface area contributed by atoms with Gasteiger partial charge in [0, 0.05) is 18.9 Å². The lowest BCUT2D eigenvalue weighted by Crippen LogP contribution is -2.43. The summed E-state index contributed by atoms with van der Waals surface area (Å²) in [5.74, 6) is -1.54. The van der Waals surface area contributed by atoms with Gasteiger partial charge in [-0.05, 0) is 19.9 Å². The zero-order valence-corrected chi connectivity index (χ0v) is 12.6.